The average molecular weight is 227 g/mol. The third-order valence-electron chi connectivity index (χ3n) is 2.72. The standard InChI is InChI=1S/C14H17N3/c1-10-9-13(17-11(2)16-10)8-7-12-5-3-4-6-14(12)15/h3-6,9H,7-8,15H2,1-2H3. The molecule has 2 rings (SSSR count). The van der Waals surface area contributed by atoms with E-state index in [0.29, 0.717) is 0 Å². The Morgan fingerprint density at radius 2 is 1.82 bits per heavy atom. The number of nitrogens with two attached hydrogens (primary N) is 1. The molecule has 0 atom stereocenters. The van der Waals surface area contributed by atoms with Crippen molar-refractivity contribution in [3.8, 4) is 0 Å². The van der Waals surface area contributed by atoms with Crippen LogP contribution in [-0.4, -0.2) is 9.97 Å². The van der Waals surface area contributed by atoms with Gasteiger partial charge in [-0.3, -0.25) is 0 Å². The zero-order chi connectivity index (χ0) is 12.3. The van der Waals surface area contributed by atoms with Gasteiger partial charge in [0.05, 0.1) is 0 Å². The van der Waals surface area contributed by atoms with Gasteiger partial charge in [-0.1, -0.05) is 18.2 Å². The maximum Gasteiger partial charge on any atom is 0.125 e. The van der Waals surface area contributed by atoms with Gasteiger partial charge in [0.2, 0.25) is 0 Å². The molecule has 1 heterocycles. The zero-order valence-corrected chi connectivity index (χ0v) is 10.3. The number of aryl methyl sites for hydroxylation is 4. The lowest BCUT2D eigenvalue weighted by atomic mass is 10.1. The van der Waals surface area contributed by atoms with E-state index in [1.165, 1.54) is 5.56 Å². The summed E-state index contributed by atoms with van der Waals surface area (Å²) in [5.74, 6) is 0.834. The minimum atomic E-state index is 0.834. The van der Waals surface area contributed by atoms with E-state index in [0.717, 1.165) is 35.7 Å². The number of nitrogens with zero attached hydrogens (tertiary/aromatic N) is 2. The van der Waals surface area contributed by atoms with E-state index in [1.807, 2.05) is 38.1 Å². The highest BCUT2D eigenvalue weighted by Gasteiger charge is 2.02. The highest BCUT2D eigenvalue weighted by atomic mass is 14.9. The summed E-state index contributed by atoms with van der Waals surface area (Å²) in [6.07, 6.45) is 1.82. The fourth-order valence-electron chi connectivity index (χ4n) is 1.95. The summed E-state index contributed by atoms with van der Waals surface area (Å²) in [7, 11) is 0. The number of rotatable bonds is 3. The van der Waals surface area contributed by atoms with Crippen LogP contribution in [0.4, 0.5) is 5.69 Å². The van der Waals surface area contributed by atoms with Gasteiger partial charge in [-0.05, 0) is 44.4 Å². The Balaban J connectivity index is 2.10. The smallest absolute Gasteiger partial charge is 0.125 e. The van der Waals surface area contributed by atoms with Gasteiger partial charge < -0.3 is 5.73 Å². The van der Waals surface area contributed by atoms with Crippen LogP contribution in [0.5, 0.6) is 0 Å². The first-order valence-electron chi connectivity index (χ1n) is 5.79. The summed E-state index contributed by atoms with van der Waals surface area (Å²) >= 11 is 0. The van der Waals surface area contributed by atoms with Gasteiger partial charge in [-0.25, -0.2) is 9.97 Å². The summed E-state index contributed by atoms with van der Waals surface area (Å²) in [4.78, 5) is 8.70. The summed E-state index contributed by atoms with van der Waals surface area (Å²) < 4.78 is 0. The number of benzene rings is 1. The van der Waals surface area contributed by atoms with Crippen LogP contribution in [0.25, 0.3) is 0 Å². The lowest BCUT2D eigenvalue weighted by Gasteiger charge is -2.06. The van der Waals surface area contributed by atoms with Gasteiger partial charge in [-0.15, -0.1) is 0 Å². The summed E-state index contributed by atoms with van der Waals surface area (Å²) in [6.45, 7) is 3.92. The molecule has 0 amide bonds. The first kappa shape index (κ1) is 11.6. The summed E-state index contributed by atoms with van der Waals surface area (Å²) in [6, 6.07) is 10.0. The van der Waals surface area contributed by atoms with Crippen LogP contribution in [0.2, 0.25) is 0 Å². The molecule has 88 valence electrons. The second-order valence-corrected chi connectivity index (χ2v) is 4.25. The van der Waals surface area contributed by atoms with Crippen molar-refractivity contribution in [2.75, 3.05) is 5.73 Å². The molecule has 3 heteroatoms. The second-order valence-electron chi connectivity index (χ2n) is 4.25. The molecule has 0 fully saturated rings. The van der Waals surface area contributed by atoms with Crippen molar-refractivity contribution in [1.82, 2.24) is 9.97 Å². The zero-order valence-electron chi connectivity index (χ0n) is 10.3. The molecule has 0 saturated heterocycles. The van der Waals surface area contributed by atoms with Crippen LogP contribution in [-0.2, 0) is 12.8 Å². The number of para-hydroxylation sites is 1. The Morgan fingerprint density at radius 1 is 1.06 bits per heavy atom. The predicted octanol–water partition coefficient (Wildman–Crippen LogP) is 2.46. The van der Waals surface area contributed by atoms with E-state index < -0.39 is 0 Å². The fourth-order valence-corrected chi connectivity index (χ4v) is 1.95. The average Bonchev–Trinajstić information content (AvgIpc) is 2.27. The van der Waals surface area contributed by atoms with Crippen LogP contribution >= 0.6 is 0 Å². The predicted molar refractivity (Wildman–Crippen MR) is 69.8 cm³/mol. The molecule has 0 spiro atoms. The fraction of sp³-hybridized carbons (Fsp3) is 0.286. The van der Waals surface area contributed by atoms with Crippen molar-refractivity contribution in [3.63, 3.8) is 0 Å². The van der Waals surface area contributed by atoms with E-state index in [1.54, 1.807) is 0 Å². The number of nitrogen functional groups attached to an aromatic ring is 1. The molecule has 3 nitrogen and oxygen atoms in total. The Labute approximate surface area is 102 Å². The maximum absolute atomic E-state index is 5.91. The number of anilines is 1. The lowest BCUT2D eigenvalue weighted by molar-refractivity contribution is 0.870. The Morgan fingerprint density at radius 3 is 2.53 bits per heavy atom. The molecule has 0 aliphatic rings. The van der Waals surface area contributed by atoms with Crippen LogP contribution < -0.4 is 5.73 Å². The quantitative estimate of drug-likeness (QED) is 0.819. The van der Waals surface area contributed by atoms with Gasteiger partial charge in [0, 0.05) is 17.1 Å². The van der Waals surface area contributed by atoms with Crippen molar-refractivity contribution >= 4 is 5.69 Å². The molecule has 2 aromatic rings. The molecule has 0 radical (unpaired) electrons. The van der Waals surface area contributed by atoms with Gasteiger partial charge in [-0.2, -0.15) is 0 Å². The lowest BCUT2D eigenvalue weighted by Crippen LogP contribution is -2.01. The second kappa shape index (κ2) is 4.95. The minimum absolute atomic E-state index is 0.834. The Hall–Kier alpha value is -1.90. The molecule has 0 aliphatic heterocycles. The maximum atomic E-state index is 5.91. The van der Waals surface area contributed by atoms with Crippen LogP contribution in [0.1, 0.15) is 22.8 Å². The molecule has 0 unspecified atom stereocenters. The van der Waals surface area contributed by atoms with Gasteiger partial charge in [0.15, 0.2) is 0 Å². The van der Waals surface area contributed by atoms with Gasteiger partial charge in [0.1, 0.15) is 5.82 Å². The van der Waals surface area contributed by atoms with Gasteiger partial charge >= 0.3 is 0 Å². The van der Waals surface area contributed by atoms with Crippen molar-refractivity contribution in [2.24, 2.45) is 0 Å². The number of hydrogen-bond acceptors (Lipinski definition) is 3. The van der Waals surface area contributed by atoms with Crippen molar-refractivity contribution in [2.45, 2.75) is 26.7 Å². The van der Waals surface area contributed by atoms with E-state index in [-0.39, 0.29) is 0 Å². The van der Waals surface area contributed by atoms with Crippen molar-refractivity contribution < 1.29 is 0 Å². The largest absolute Gasteiger partial charge is 0.399 e. The highest BCUT2D eigenvalue weighted by molar-refractivity contribution is 5.46. The topological polar surface area (TPSA) is 51.8 Å². The highest BCUT2D eigenvalue weighted by Crippen LogP contribution is 2.13. The third-order valence-corrected chi connectivity index (χ3v) is 2.72. The van der Waals surface area contributed by atoms with Crippen LogP contribution in [0.15, 0.2) is 30.3 Å². The van der Waals surface area contributed by atoms with Gasteiger partial charge in [0.25, 0.3) is 0 Å². The molecule has 17 heavy (non-hydrogen) atoms. The molecule has 1 aromatic carbocycles. The Kier molecular flexibility index (Phi) is 3.38. The third kappa shape index (κ3) is 3.03. The van der Waals surface area contributed by atoms with E-state index >= 15 is 0 Å². The molecule has 0 aliphatic carbocycles. The molecule has 1 aromatic heterocycles. The van der Waals surface area contributed by atoms with Crippen molar-refractivity contribution in [3.05, 3.63) is 53.1 Å². The summed E-state index contributed by atoms with van der Waals surface area (Å²) in [5.41, 5.74) is 10.1. The van der Waals surface area contributed by atoms with E-state index in [9.17, 15) is 0 Å². The molecular weight excluding hydrogens is 210 g/mol. The molecule has 0 saturated carbocycles. The van der Waals surface area contributed by atoms with Crippen LogP contribution in [0, 0.1) is 13.8 Å². The normalized spacial score (nSPS) is 10.5. The molecular formula is C14H17N3. The number of aromatic nitrogens is 2. The van der Waals surface area contributed by atoms with Crippen molar-refractivity contribution in [1.29, 1.82) is 0 Å². The first-order valence-corrected chi connectivity index (χ1v) is 5.79. The minimum Gasteiger partial charge on any atom is -0.399 e. The van der Waals surface area contributed by atoms with E-state index in [4.69, 9.17) is 5.73 Å². The summed E-state index contributed by atoms with van der Waals surface area (Å²) in [5, 5.41) is 0. The monoisotopic (exact) mass is 227 g/mol. The molecule has 2 N–H and O–H groups in total. The van der Waals surface area contributed by atoms with E-state index in [2.05, 4.69) is 16.0 Å². The Bertz CT molecular complexity index is 500. The molecule has 0 bridgehead atoms. The first-order chi connectivity index (χ1) is 8.15. The number of hydrogen-bond donors (Lipinski definition) is 1. The van der Waals surface area contributed by atoms with Crippen LogP contribution in [0.3, 0.4) is 0 Å². The SMILES string of the molecule is Cc1cc(CCc2ccccc2N)nc(C)n1.